The summed E-state index contributed by atoms with van der Waals surface area (Å²) < 4.78 is 13.3. The predicted molar refractivity (Wildman–Crippen MR) is 122 cm³/mol. The van der Waals surface area contributed by atoms with Crippen molar-refractivity contribution in [3.63, 3.8) is 0 Å². The van der Waals surface area contributed by atoms with Crippen molar-refractivity contribution < 1.29 is 14.0 Å². The van der Waals surface area contributed by atoms with E-state index in [9.17, 15) is 14.0 Å². The maximum absolute atomic E-state index is 13.3. The molecule has 0 saturated carbocycles. The van der Waals surface area contributed by atoms with E-state index >= 15 is 0 Å². The number of anilines is 3. The number of aromatic nitrogens is 1. The van der Waals surface area contributed by atoms with Gasteiger partial charge < -0.3 is 20.9 Å². The molecule has 0 radical (unpaired) electrons. The molecule has 0 spiro atoms. The summed E-state index contributed by atoms with van der Waals surface area (Å²) in [5.41, 5.74) is 2.13. The molecule has 0 unspecified atom stereocenters. The van der Waals surface area contributed by atoms with Crippen LogP contribution in [0.5, 0.6) is 0 Å². The number of urea groups is 1. The van der Waals surface area contributed by atoms with Gasteiger partial charge in [0, 0.05) is 42.8 Å². The van der Waals surface area contributed by atoms with Crippen molar-refractivity contribution in [2.45, 2.75) is 19.4 Å². The number of carbonyl (C=O) groups is 2. The Bertz CT molecular complexity index is 1110. The number of rotatable bonds is 6. The molecule has 32 heavy (non-hydrogen) atoms. The average Bonchev–Trinajstić information content (AvgIpc) is 3.33. The quantitative estimate of drug-likeness (QED) is 0.538. The molecule has 7 nitrogen and oxygen atoms in total. The molecule has 4 rings (SSSR count). The van der Waals surface area contributed by atoms with E-state index in [2.05, 4.69) is 25.8 Å². The summed E-state index contributed by atoms with van der Waals surface area (Å²) in [5.74, 6) is 0.0988. The summed E-state index contributed by atoms with van der Waals surface area (Å²) in [7, 11) is 0. The van der Waals surface area contributed by atoms with E-state index in [1.54, 1.807) is 36.5 Å². The Morgan fingerprint density at radius 2 is 1.69 bits per heavy atom. The summed E-state index contributed by atoms with van der Waals surface area (Å²) in [6, 6.07) is 15.7. The summed E-state index contributed by atoms with van der Waals surface area (Å²) in [5, 5.41) is 8.19. The molecule has 2 aromatic carbocycles. The van der Waals surface area contributed by atoms with Crippen LogP contribution in [0.25, 0.3) is 0 Å². The van der Waals surface area contributed by atoms with Gasteiger partial charge in [-0.3, -0.25) is 4.79 Å². The number of nitrogens with one attached hydrogen (secondary N) is 3. The van der Waals surface area contributed by atoms with E-state index in [1.165, 1.54) is 31.0 Å². The van der Waals surface area contributed by atoms with Crippen LogP contribution in [0.3, 0.4) is 0 Å². The lowest BCUT2D eigenvalue weighted by Gasteiger charge is -2.17. The van der Waals surface area contributed by atoms with Crippen molar-refractivity contribution in [2.24, 2.45) is 0 Å². The number of pyridine rings is 1. The number of carbonyl (C=O) groups excluding carboxylic acids is 2. The fourth-order valence-corrected chi connectivity index (χ4v) is 3.56. The second-order valence-electron chi connectivity index (χ2n) is 7.57. The maximum atomic E-state index is 13.3. The first-order valence-corrected chi connectivity index (χ1v) is 10.5. The van der Waals surface area contributed by atoms with Gasteiger partial charge in [-0.15, -0.1) is 0 Å². The van der Waals surface area contributed by atoms with Crippen molar-refractivity contribution in [1.82, 2.24) is 10.3 Å². The van der Waals surface area contributed by atoms with Crippen LogP contribution in [0.15, 0.2) is 66.9 Å². The first kappa shape index (κ1) is 21.3. The Morgan fingerprint density at radius 1 is 0.938 bits per heavy atom. The highest BCUT2D eigenvalue weighted by atomic mass is 19.1. The van der Waals surface area contributed by atoms with Gasteiger partial charge in [0.1, 0.15) is 11.6 Å². The molecule has 3 aromatic rings. The van der Waals surface area contributed by atoms with Crippen molar-refractivity contribution in [2.75, 3.05) is 28.6 Å². The second-order valence-corrected chi connectivity index (χ2v) is 7.57. The fraction of sp³-hybridized carbons (Fsp3) is 0.208. The van der Waals surface area contributed by atoms with Gasteiger partial charge in [-0.1, -0.05) is 12.1 Å². The summed E-state index contributed by atoms with van der Waals surface area (Å²) >= 11 is 0. The van der Waals surface area contributed by atoms with Gasteiger partial charge in [0.25, 0.3) is 5.91 Å². The minimum absolute atomic E-state index is 0.344. The summed E-state index contributed by atoms with van der Waals surface area (Å²) in [6.45, 7) is 2.37. The lowest BCUT2D eigenvalue weighted by Crippen LogP contribution is -2.28. The SMILES string of the molecule is O=C(NCc1ccnc(N2CCCC2)c1)Nc1cccc(C(=O)Nc2cccc(F)c2)c1. The van der Waals surface area contributed by atoms with Gasteiger partial charge in [0.05, 0.1) is 0 Å². The zero-order chi connectivity index (χ0) is 22.3. The van der Waals surface area contributed by atoms with Crippen molar-refractivity contribution in [1.29, 1.82) is 0 Å². The van der Waals surface area contributed by atoms with E-state index in [0.29, 0.717) is 23.5 Å². The van der Waals surface area contributed by atoms with Gasteiger partial charge in [-0.25, -0.2) is 14.2 Å². The van der Waals surface area contributed by atoms with Gasteiger partial charge >= 0.3 is 6.03 Å². The largest absolute Gasteiger partial charge is 0.357 e. The standard InChI is InChI=1S/C24H24FN5O2/c25-19-6-4-8-21(15-19)28-23(31)18-5-3-7-20(14-18)29-24(32)27-16-17-9-10-26-22(13-17)30-11-1-2-12-30/h3-10,13-15H,1-2,11-12,16H2,(H,28,31)(H2,27,29,32). The van der Waals surface area contributed by atoms with E-state index in [1.807, 2.05) is 12.1 Å². The smallest absolute Gasteiger partial charge is 0.319 e. The van der Waals surface area contributed by atoms with Gasteiger partial charge in [-0.2, -0.15) is 0 Å². The number of benzene rings is 2. The minimum atomic E-state index is -0.434. The predicted octanol–water partition coefficient (Wildman–Crippen LogP) is 4.39. The van der Waals surface area contributed by atoms with Crippen LogP contribution >= 0.6 is 0 Å². The Labute approximate surface area is 185 Å². The molecule has 3 N–H and O–H groups in total. The highest BCUT2D eigenvalue weighted by Gasteiger charge is 2.14. The topological polar surface area (TPSA) is 86.4 Å². The highest BCUT2D eigenvalue weighted by molar-refractivity contribution is 6.05. The minimum Gasteiger partial charge on any atom is -0.357 e. The van der Waals surface area contributed by atoms with Crippen molar-refractivity contribution in [3.05, 3.63) is 83.8 Å². The van der Waals surface area contributed by atoms with Gasteiger partial charge in [0.2, 0.25) is 0 Å². The molecule has 2 heterocycles. The molecule has 0 atom stereocenters. The van der Waals surface area contributed by atoms with Crippen LogP contribution in [-0.2, 0) is 6.54 Å². The molecule has 1 aliphatic rings. The third-order valence-electron chi connectivity index (χ3n) is 5.16. The normalized spacial score (nSPS) is 13.0. The molecular weight excluding hydrogens is 409 g/mol. The van der Waals surface area contributed by atoms with Crippen LogP contribution in [-0.4, -0.2) is 30.0 Å². The van der Waals surface area contributed by atoms with Crippen molar-refractivity contribution in [3.8, 4) is 0 Å². The zero-order valence-corrected chi connectivity index (χ0v) is 17.5. The molecular formula is C24H24FN5O2. The van der Waals surface area contributed by atoms with Crippen LogP contribution < -0.4 is 20.9 Å². The molecule has 164 valence electrons. The fourth-order valence-electron chi connectivity index (χ4n) is 3.56. The summed E-state index contributed by atoms with van der Waals surface area (Å²) in [6.07, 6.45) is 4.10. The lowest BCUT2D eigenvalue weighted by molar-refractivity contribution is 0.102. The molecule has 8 heteroatoms. The van der Waals surface area contributed by atoms with E-state index in [4.69, 9.17) is 0 Å². The highest BCUT2D eigenvalue weighted by Crippen LogP contribution is 2.19. The maximum Gasteiger partial charge on any atom is 0.319 e. The Balaban J connectivity index is 1.32. The number of halogens is 1. The average molecular weight is 433 g/mol. The number of hydrogen-bond donors (Lipinski definition) is 3. The molecule has 3 amide bonds. The van der Waals surface area contributed by atoms with Crippen LogP contribution in [0.4, 0.5) is 26.4 Å². The van der Waals surface area contributed by atoms with Crippen LogP contribution in [0.2, 0.25) is 0 Å². The summed E-state index contributed by atoms with van der Waals surface area (Å²) in [4.78, 5) is 31.4. The molecule has 1 aliphatic heterocycles. The molecule has 1 fully saturated rings. The molecule has 1 aromatic heterocycles. The third-order valence-corrected chi connectivity index (χ3v) is 5.16. The molecule has 0 aliphatic carbocycles. The van der Waals surface area contributed by atoms with Gasteiger partial charge in [0.15, 0.2) is 0 Å². The van der Waals surface area contributed by atoms with Gasteiger partial charge in [-0.05, 0) is 66.9 Å². The van der Waals surface area contributed by atoms with E-state index < -0.39 is 11.7 Å². The zero-order valence-electron chi connectivity index (χ0n) is 17.5. The number of hydrogen-bond acceptors (Lipinski definition) is 4. The Hall–Kier alpha value is -3.94. The van der Waals surface area contributed by atoms with Crippen LogP contribution in [0.1, 0.15) is 28.8 Å². The monoisotopic (exact) mass is 433 g/mol. The van der Waals surface area contributed by atoms with E-state index in [0.717, 1.165) is 24.5 Å². The first-order valence-electron chi connectivity index (χ1n) is 10.5. The Morgan fingerprint density at radius 3 is 2.47 bits per heavy atom. The number of nitrogens with zero attached hydrogens (tertiary/aromatic N) is 2. The second kappa shape index (κ2) is 9.91. The Kier molecular flexibility index (Phi) is 6.60. The molecule has 0 bridgehead atoms. The van der Waals surface area contributed by atoms with Crippen LogP contribution in [0, 0.1) is 5.82 Å². The number of amides is 3. The molecule has 1 saturated heterocycles. The van der Waals surface area contributed by atoms with E-state index in [-0.39, 0.29) is 6.03 Å². The third kappa shape index (κ3) is 5.60. The first-order chi connectivity index (χ1) is 15.6. The van der Waals surface area contributed by atoms with Crippen molar-refractivity contribution >= 4 is 29.1 Å². The lowest BCUT2D eigenvalue weighted by atomic mass is 10.2.